The molecular formula is C41H36IrN2SSi-2. The van der Waals surface area contributed by atoms with Gasteiger partial charge in [-0.05, 0) is 81.7 Å². The third-order valence-corrected chi connectivity index (χ3v) is 11.8. The van der Waals surface area contributed by atoms with Crippen molar-refractivity contribution in [1.82, 2.24) is 9.97 Å². The SMILES string of the molecule is C[Si](C)(C)c1ccc(-c2[c-]cccc2)nc1.[Ir].[c-]1cc2sc3ccc(-c4ccccc4)cc3c2cc1-c1nccc2c1CCCC2. The number of rotatable bonds is 4. The third-order valence-electron chi connectivity index (χ3n) is 8.66. The molecule has 3 aromatic heterocycles. The minimum Gasteiger partial charge on any atom is -0.305 e. The molecule has 46 heavy (non-hydrogen) atoms. The van der Waals surface area contributed by atoms with Crippen molar-refractivity contribution in [3.05, 3.63) is 139 Å². The van der Waals surface area contributed by atoms with Crippen molar-refractivity contribution in [3.8, 4) is 33.6 Å². The largest absolute Gasteiger partial charge is 0.305 e. The first-order chi connectivity index (χ1) is 21.9. The van der Waals surface area contributed by atoms with Gasteiger partial charge in [0.05, 0.1) is 8.07 Å². The van der Waals surface area contributed by atoms with Crippen LogP contribution < -0.4 is 5.19 Å². The summed E-state index contributed by atoms with van der Waals surface area (Å²) in [7, 11) is -1.23. The van der Waals surface area contributed by atoms with Crippen LogP contribution in [0.1, 0.15) is 24.0 Å². The zero-order valence-corrected chi connectivity index (χ0v) is 30.6. The molecular weight excluding hydrogens is 773 g/mol. The van der Waals surface area contributed by atoms with Gasteiger partial charge in [-0.2, -0.15) is 11.3 Å². The second-order valence-electron chi connectivity index (χ2n) is 12.8. The number of hydrogen-bond acceptors (Lipinski definition) is 3. The molecule has 4 aromatic carbocycles. The van der Waals surface area contributed by atoms with Gasteiger partial charge in [-0.1, -0.05) is 84.7 Å². The van der Waals surface area contributed by atoms with Crippen molar-refractivity contribution in [2.75, 3.05) is 0 Å². The van der Waals surface area contributed by atoms with E-state index in [-0.39, 0.29) is 20.1 Å². The van der Waals surface area contributed by atoms with Crippen molar-refractivity contribution in [1.29, 1.82) is 0 Å². The molecule has 7 aromatic rings. The van der Waals surface area contributed by atoms with Crippen molar-refractivity contribution >= 4 is 44.8 Å². The summed E-state index contributed by atoms with van der Waals surface area (Å²) >= 11 is 1.85. The summed E-state index contributed by atoms with van der Waals surface area (Å²) in [4.78, 5) is 9.29. The van der Waals surface area contributed by atoms with Crippen molar-refractivity contribution in [2.24, 2.45) is 0 Å². The summed E-state index contributed by atoms with van der Waals surface area (Å²) in [6.07, 6.45) is 8.84. The predicted octanol–water partition coefficient (Wildman–Crippen LogP) is 10.6. The first kappa shape index (κ1) is 32.2. The van der Waals surface area contributed by atoms with E-state index < -0.39 is 8.07 Å². The minimum atomic E-state index is -1.23. The van der Waals surface area contributed by atoms with Crippen LogP contribution in [0.15, 0.2) is 116 Å². The van der Waals surface area contributed by atoms with E-state index in [2.05, 4.69) is 116 Å². The number of pyridine rings is 2. The molecule has 0 N–H and O–H groups in total. The Bertz CT molecular complexity index is 2080. The van der Waals surface area contributed by atoms with Gasteiger partial charge in [0.1, 0.15) is 0 Å². The van der Waals surface area contributed by atoms with E-state index >= 15 is 0 Å². The van der Waals surface area contributed by atoms with E-state index in [1.165, 1.54) is 66.9 Å². The molecule has 1 radical (unpaired) electrons. The number of hydrogen-bond donors (Lipinski definition) is 0. The Morgan fingerprint density at radius 2 is 1.50 bits per heavy atom. The second kappa shape index (κ2) is 13.9. The number of fused-ring (bicyclic) bond motifs is 4. The van der Waals surface area contributed by atoms with E-state index in [0.717, 1.165) is 28.9 Å². The fourth-order valence-corrected chi connectivity index (χ4v) is 8.20. The smallest absolute Gasteiger partial charge is 0.0795 e. The van der Waals surface area contributed by atoms with E-state index in [1.807, 2.05) is 48.0 Å². The van der Waals surface area contributed by atoms with Gasteiger partial charge >= 0.3 is 0 Å². The third kappa shape index (κ3) is 6.84. The summed E-state index contributed by atoms with van der Waals surface area (Å²) in [6, 6.07) is 43.1. The molecule has 0 spiro atoms. The van der Waals surface area contributed by atoms with Gasteiger partial charge in [-0.15, -0.1) is 59.7 Å². The average Bonchev–Trinajstić information content (AvgIpc) is 3.46. The number of nitrogens with zero attached hydrogens (tertiary/aromatic N) is 2. The fourth-order valence-electron chi connectivity index (χ4n) is 6.11. The molecule has 0 saturated heterocycles. The van der Waals surface area contributed by atoms with Gasteiger partial charge in [0, 0.05) is 37.2 Å². The maximum Gasteiger partial charge on any atom is 0.0795 e. The predicted molar refractivity (Wildman–Crippen MR) is 195 cm³/mol. The molecule has 5 heteroatoms. The Morgan fingerprint density at radius 3 is 2.26 bits per heavy atom. The monoisotopic (exact) mass is 809 g/mol. The first-order valence-electron chi connectivity index (χ1n) is 15.8. The van der Waals surface area contributed by atoms with Crippen molar-refractivity contribution in [2.45, 2.75) is 45.3 Å². The molecule has 3 heterocycles. The molecule has 0 unspecified atom stereocenters. The molecule has 1 aliphatic rings. The average molecular weight is 809 g/mol. The van der Waals surface area contributed by atoms with E-state index in [0.29, 0.717) is 0 Å². The Balaban J connectivity index is 0.000000187. The molecule has 0 amide bonds. The summed E-state index contributed by atoms with van der Waals surface area (Å²) in [5.74, 6) is 0. The number of aromatic nitrogens is 2. The zero-order valence-electron chi connectivity index (χ0n) is 26.4. The van der Waals surface area contributed by atoms with Gasteiger partial charge in [-0.3, -0.25) is 0 Å². The van der Waals surface area contributed by atoms with Crippen LogP contribution in [0.4, 0.5) is 0 Å². The quantitative estimate of drug-likeness (QED) is 0.131. The molecule has 0 atom stereocenters. The molecule has 0 fully saturated rings. The number of benzene rings is 4. The van der Waals surface area contributed by atoms with Crippen LogP contribution in [-0.2, 0) is 32.9 Å². The number of aryl methyl sites for hydroxylation is 1. The van der Waals surface area contributed by atoms with Gasteiger partial charge in [0.15, 0.2) is 0 Å². The first-order valence-corrected chi connectivity index (χ1v) is 20.1. The van der Waals surface area contributed by atoms with Crippen LogP contribution in [-0.4, -0.2) is 18.0 Å². The van der Waals surface area contributed by atoms with Crippen LogP contribution >= 0.6 is 11.3 Å². The van der Waals surface area contributed by atoms with Gasteiger partial charge in [-0.25, -0.2) is 0 Å². The molecule has 8 rings (SSSR count). The maximum absolute atomic E-state index is 4.77. The summed E-state index contributed by atoms with van der Waals surface area (Å²) in [6.45, 7) is 7.00. The summed E-state index contributed by atoms with van der Waals surface area (Å²) in [5, 5.41) is 4.03. The van der Waals surface area contributed by atoms with Crippen LogP contribution in [0.3, 0.4) is 0 Å². The molecule has 231 valence electrons. The summed E-state index contributed by atoms with van der Waals surface area (Å²) in [5.41, 5.74) is 9.74. The van der Waals surface area contributed by atoms with Crippen molar-refractivity contribution in [3.63, 3.8) is 0 Å². The topological polar surface area (TPSA) is 25.8 Å². The van der Waals surface area contributed by atoms with E-state index in [9.17, 15) is 0 Å². The Labute approximate surface area is 291 Å². The Morgan fingerprint density at radius 1 is 0.696 bits per heavy atom. The van der Waals surface area contributed by atoms with Crippen LogP contribution in [0.25, 0.3) is 53.8 Å². The molecule has 0 aliphatic heterocycles. The second-order valence-corrected chi connectivity index (χ2v) is 18.9. The number of thiophene rings is 1. The van der Waals surface area contributed by atoms with Crippen LogP contribution in [0, 0.1) is 12.1 Å². The molecule has 2 nitrogen and oxygen atoms in total. The molecule has 0 saturated carbocycles. The summed E-state index contributed by atoms with van der Waals surface area (Å²) < 4.78 is 2.62. The van der Waals surface area contributed by atoms with Gasteiger partial charge in [0.25, 0.3) is 0 Å². The van der Waals surface area contributed by atoms with Crippen molar-refractivity contribution < 1.29 is 20.1 Å². The standard InChI is InChI=1S/C27H20NS.C14H16NSi.Ir/c1-2-6-18(7-3-1)20-10-12-25-23(16-20)24-17-21(11-13-26(24)29-25)27-22-9-5-4-8-19(22)14-15-28-27;1-16(2,3)13-9-10-14(15-11-13)12-7-5-4-6-8-12;/h1-3,6-7,10,12-17H,4-5,8-9H2;4-7,9-11H,1-3H3;/q2*-1;. The van der Waals surface area contributed by atoms with E-state index in [1.54, 1.807) is 0 Å². The van der Waals surface area contributed by atoms with Crippen LogP contribution in [0.2, 0.25) is 19.6 Å². The Hall–Kier alpha value is -3.73. The molecule has 0 bridgehead atoms. The van der Waals surface area contributed by atoms with Crippen LogP contribution in [0.5, 0.6) is 0 Å². The van der Waals surface area contributed by atoms with E-state index in [4.69, 9.17) is 4.98 Å². The normalized spacial score (nSPS) is 12.6. The Kier molecular flexibility index (Phi) is 9.77. The minimum absolute atomic E-state index is 0. The van der Waals surface area contributed by atoms with Gasteiger partial charge < -0.3 is 9.97 Å². The molecule has 1 aliphatic carbocycles. The fraction of sp³-hybridized carbons (Fsp3) is 0.171. The maximum atomic E-state index is 4.77. The zero-order chi connectivity index (χ0) is 30.8. The van der Waals surface area contributed by atoms with Gasteiger partial charge in [0.2, 0.25) is 0 Å².